The smallest absolute Gasteiger partial charge is 0.240 e. The van der Waals surface area contributed by atoms with Gasteiger partial charge in [0.15, 0.2) is 5.17 Å². The Morgan fingerprint density at radius 3 is 2.67 bits per heavy atom. The molecule has 3 rings (SSSR count). The highest BCUT2D eigenvalue weighted by Gasteiger charge is 2.32. The number of benzene rings is 2. The quantitative estimate of drug-likeness (QED) is 0.593. The number of amidine groups is 1. The van der Waals surface area contributed by atoms with E-state index in [-0.39, 0.29) is 18.2 Å². The number of methoxy groups -OCH3 is 1. The number of ether oxygens (including phenoxy) is 1. The fraction of sp³-hybridized carbons (Fsp3) is 0.158. The lowest BCUT2D eigenvalue weighted by Gasteiger charge is -2.06. The van der Waals surface area contributed by atoms with Gasteiger partial charge in [0.05, 0.1) is 13.3 Å². The second kappa shape index (κ2) is 9.00. The van der Waals surface area contributed by atoms with E-state index in [0.717, 1.165) is 11.3 Å². The first kappa shape index (κ1) is 18.7. The minimum atomic E-state index is -0.524. The van der Waals surface area contributed by atoms with Crippen LogP contribution in [-0.2, 0) is 9.59 Å². The summed E-state index contributed by atoms with van der Waals surface area (Å²) in [7, 11) is 1.60. The molecule has 2 aromatic rings. The molecule has 0 radical (unpaired) electrons. The summed E-state index contributed by atoms with van der Waals surface area (Å²) in [4.78, 5) is 24.1. The maximum Gasteiger partial charge on any atom is 0.240 e. The molecule has 1 aliphatic rings. The summed E-state index contributed by atoms with van der Waals surface area (Å²) in [6, 6.07) is 16.5. The number of carbonyl (C=O) groups is 2. The molecule has 1 saturated heterocycles. The van der Waals surface area contributed by atoms with Crippen LogP contribution in [0.5, 0.6) is 5.75 Å². The zero-order valence-corrected chi connectivity index (χ0v) is 15.4. The van der Waals surface area contributed by atoms with Gasteiger partial charge in [-0.1, -0.05) is 30.0 Å². The fourth-order valence-electron chi connectivity index (χ4n) is 2.33. The summed E-state index contributed by atoms with van der Waals surface area (Å²) >= 11 is 1.19. The van der Waals surface area contributed by atoms with Crippen molar-refractivity contribution in [3.8, 4) is 5.75 Å². The molecule has 1 fully saturated rings. The lowest BCUT2D eigenvalue weighted by atomic mass is 10.2. The van der Waals surface area contributed by atoms with E-state index in [4.69, 9.17) is 4.74 Å². The minimum Gasteiger partial charge on any atom is -0.497 e. The molecule has 0 aliphatic carbocycles. The Hall–Kier alpha value is -3.13. The van der Waals surface area contributed by atoms with Crippen molar-refractivity contribution in [3.05, 3.63) is 60.2 Å². The van der Waals surface area contributed by atoms with Crippen LogP contribution in [-0.4, -0.2) is 35.6 Å². The number of anilines is 1. The first-order chi connectivity index (χ1) is 13.1. The van der Waals surface area contributed by atoms with Crippen molar-refractivity contribution in [2.75, 3.05) is 12.4 Å². The number of rotatable bonds is 6. The molecule has 0 aromatic heterocycles. The third-order valence-corrected chi connectivity index (χ3v) is 4.75. The molecule has 1 atom stereocenters. The van der Waals surface area contributed by atoms with E-state index in [2.05, 4.69) is 20.8 Å². The van der Waals surface area contributed by atoms with Gasteiger partial charge in [0.25, 0.3) is 0 Å². The summed E-state index contributed by atoms with van der Waals surface area (Å²) in [5.41, 5.74) is 1.55. The first-order valence-electron chi connectivity index (χ1n) is 8.21. The predicted octanol–water partition coefficient (Wildman–Crippen LogP) is 2.65. The molecule has 1 unspecified atom stereocenters. The molecular weight excluding hydrogens is 364 g/mol. The summed E-state index contributed by atoms with van der Waals surface area (Å²) in [5, 5.41) is 13.2. The SMILES string of the molecule is COc1ccc(/C=N\N=C2\NC(=O)C(CC(=O)Nc3ccccc3)S2)cc1. The molecule has 0 spiro atoms. The number of hydrogen-bond donors (Lipinski definition) is 2. The lowest BCUT2D eigenvalue weighted by molar-refractivity contribution is -0.122. The van der Waals surface area contributed by atoms with E-state index >= 15 is 0 Å². The number of amides is 2. The van der Waals surface area contributed by atoms with E-state index in [1.807, 2.05) is 42.5 Å². The molecule has 2 N–H and O–H groups in total. The van der Waals surface area contributed by atoms with Crippen molar-refractivity contribution in [3.63, 3.8) is 0 Å². The number of para-hydroxylation sites is 1. The van der Waals surface area contributed by atoms with E-state index in [1.54, 1.807) is 25.5 Å². The van der Waals surface area contributed by atoms with Crippen molar-refractivity contribution >= 4 is 40.6 Å². The van der Waals surface area contributed by atoms with Gasteiger partial charge in [-0.2, -0.15) is 5.10 Å². The average molecular weight is 382 g/mol. The molecule has 2 aromatic carbocycles. The largest absolute Gasteiger partial charge is 0.497 e. The maximum atomic E-state index is 12.1. The molecule has 1 aliphatic heterocycles. The molecule has 8 heteroatoms. The van der Waals surface area contributed by atoms with Crippen LogP contribution < -0.4 is 15.4 Å². The second-order valence-electron chi connectivity index (χ2n) is 5.64. The third-order valence-electron chi connectivity index (χ3n) is 3.68. The number of carbonyl (C=O) groups excluding carboxylic acids is 2. The topological polar surface area (TPSA) is 92.2 Å². The second-order valence-corrected chi connectivity index (χ2v) is 6.83. The molecule has 27 heavy (non-hydrogen) atoms. The molecule has 7 nitrogen and oxygen atoms in total. The van der Waals surface area contributed by atoms with Crippen LogP contribution in [0, 0.1) is 0 Å². The van der Waals surface area contributed by atoms with Crippen molar-refractivity contribution in [2.45, 2.75) is 11.7 Å². The Morgan fingerprint density at radius 2 is 1.96 bits per heavy atom. The minimum absolute atomic E-state index is 0.0621. The van der Waals surface area contributed by atoms with Crippen LogP contribution in [0.3, 0.4) is 0 Å². The fourth-order valence-corrected chi connectivity index (χ4v) is 3.25. The summed E-state index contributed by atoms with van der Waals surface area (Å²) < 4.78 is 5.09. The monoisotopic (exact) mass is 382 g/mol. The Labute approximate surface area is 160 Å². The Kier molecular flexibility index (Phi) is 6.22. The van der Waals surface area contributed by atoms with Crippen LogP contribution in [0.2, 0.25) is 0 Å². The van der Waals surface area contributed by atoms with Crippen LogP contribution in [0.15, 0.2) is 64.8 Å². The van der Waals surface area contributed by atoms with E-state index in [9.17, 15) is 9.59 Å². The van der Waals surface area contributed by atoms with E-state index in [1.165, 1.54) is 11.8 Å². The average Bonchev–Trinajstić information content (AvgIpc) is 3.02. The van der Waals surface area contributed by atoms with E-state index < -0.39 is 5.25 Å². The summed E-state index contributed by atoms with van der Waals surface area (Å²) in [5.74, 6) is 0.284. The van der Waals surface area contributed by atoms with Crippen LogP contribution in [0.1, 0.15) is 12.0 Å². The van der Waals surface area contributed by atoms with Gasteiger partial charge in [0.2, 0.25) is 11.8 Å². The van der Waals surface area contributed by atoms with Gasteiger partial charge in [0, 0.05) is 12.1 Å². The van der Waals surface area contributed by atoms with E-state index in [0.29, 0.717) is 10.9 Å². The molecule has 2 amide bonds. The Balaban J connectivity index is 1.53. The summed E-state index contributed by atoms with van der Waals surface area (Å²) in [6.45, 7) is 0. The van der Waals surface area contributed by atoms with Gasteiger partial charge in [-0.15, -0.1) is 5.10 Å². The zero-order valence-electron chi connectivity index (χ0n) is 14.6. The van der Waals surface area contributed by atoms with Crippen molar-refractivity contribution in [1.29, 1.82) is 0 Å². The third kappa shape index (κ3) is 5.42. The standard InChI is InChI=1S/C19H18N4O3S/c1-26-15-9-7-13(8-10-15)12-20-23-19-22-18(25)16(27-19)11-17(24)21-14-5-3-2-4-6-14/h2-10,12,16H,11H2,1H3,(H,21,24)(H,22,23,25)/b20-12-. The lowest BCUT2D eigenvalue weighted by Crippen LogP contribution is -2.28. The van der Waals surface area contributed by atoms with Crippen molar-refractivity contribution in [1.82, 2.24) is 5.32 Å². The van der Waals surface area contributed by atoms with Gasteiger partial charge < -0.3 is 15.4 Å². The molecule has 0 bridgehead atoms. The number of thioether (sulfide) groups is 1. The van der Waals surface area contributed by atoms with Gasteiger partial charge in [0.1, 0.15) is 11.0 Å². The molecular formula is C19H18N4O3S. The Morgan fingerprint density at radius 1 is 1.22 bits per heavy atom. The normalized spacial score (nSPS) is 17.9. The van der Waals surface area contributed by atoms with Gasteiger partial charge in [-0.05, 0) is 42.0 Å². The molecule has 138 valence electrons. The first-order valence-corrected chi connectivity index (χ1v) is 9.09. The van der Waals surface area contributed by atoms with Crippen LogP contribution >= 0.6 is 11.8 Å². The predicted molar refractivity (Wildman–Crippen MR) is 107 cm³/mol. The van der Waals surface area contributed by atoms with Crippen molar-refractivity contribution in [2.24, 2.45) is 10.2 Å². The molecule has 0 saturated carbocycles. The number of nitrogens with zero attached hydrogens (tertiary/aromatic N) is 2. The highest BCUT2D eigenvalue weighted by atomic mass is 32.2. The van der Waals surface area contributed by atoms with Gasteiger partial charge in [-0.3, -0.25) is 9.59 Å². The van der Waals surface area contributed by atoms with Crippen LogP contribution in [0.4, 0.5) is 5.69 Å². The Bertz CT molecular complexity index is 866. The highest BCUT2D eigenvalue weighted by Crippen LogP contribution is 2.23. The summed E-state index contributed by atoms with van der Waals surface area (Å²) in [6.07, 6.45) is 1.64. The van der Waals surface area contributed by atoms with Gasteiger partial charge in [-0.25, -0.2) is 0 Å². The van der Waals surface area contributed by atoms with Gasteiger partial charge >= 0.3 is 0 Å². The van der Waals surface area contributed by atoms with Crippen molar-refractivity contribution < 1.29 is 14.3 Å². The number of nitrogens with one attached hydrogen (secondary N) is 2. The zero-order chi connectivity index (χ0) is 19.1. The van der Waals surface area contributed by atoms with Crippen LogP contribution in [0.25, 0.3) is 0 Å². The number of hydrogen-bond acceptors (Lipinski definition) is 6. The molecule has 1 heterocycles. The maximum absolute atomic E-state index is 12.1. The highest BCUT2D eigenvalue weighted by molar-refractivity contribution is 8.15.